The fourth-order valence-corrected chi connectivity index (χ4v) is 1.12. The Morgan fingerprint density at radius 3 is 2.77 bits per heavy atom. The van der Waals surface area contributed by atoms with Gasteiger partial charge in [-0.2, -0.15) is 0 Å². The van der Waals surface area contributed by atoms with Crippen molar-refractivity contribution in [3.05, 3.63) is 60.3 Å². The van der Waals surface area contributed by atoms with Crippen molar-refractivity contribution in [2.24, 2.45) is 0 Å². The fourth-order valence-electron chi connectivity index (χ4n) is 1.12. The van der Waals surface area contributed by atoms with Crippen LogP contribution in [-0.2, 0) is 4.79 Å². The van der Waals surface area contributed by atoms with E-state index in [4.69, 9.17) is 0 Å². The smallest absolute Gasteiger partial charge is 0.185 e. The largest absolute Gasteiger partial charge is 0.289 e. The van der Waals surface area contributed by atoms with E-state index < -0.39 is 0 Å². The summed E-state index contributed by atoms with van der Waals surface area (Å²) in [7, 11) is 0. The van der Waals surface area contributed by atoms with Crippen LogP contribution in [0.4, 0.5) is 0 Å². The number of carbonyl (C=O) groups excluding carboxylic acids is 1. The van der Waals surface area contributed by atoms with Crippen LogP contribution in [0, 0.1) is 0 Å². The maximum Gasteiger partial charge on any atom is 0.185 e. The highest BCUT2D eigenvalue weighted by Gasteiger charge is 2.06. The second-order valence-corrected chi connectivity index (χ2v) is 2.70. The molecule has 0 saturated carbocycles. The molecule has 13 heavy (non-hydrogen) atoms. The molecular formula is C12H12O. The molecule has 0 unspecified atom stereocenters. The molecule has 1 aliphatic carbocycles. The Balaban J connectivity index is 2.99. The van der Waals surface area contributed by atoms with E-state index in [1.807, 2.05) is 31.2 Å². The Hall–Kier alpha value is -1.63. The van der Waals surface area contributed by atoms with Crippen molar-refractivity contribution in [1.82, 2.24) is 0 Å². The van der Waals surface area contributed by atoms with Crippen LogP contribution in [-0.4, -0.2) is 5.78 Å². The summed E-state index contributed by atoms with van der Waals surface area (Å²) in [5, 5.41) is 0. The normalized spacial score (nSPS) is 19.6. The van der Waals surface area contributed by atoms with E-state index in [-0.39, 0.29) is 5.78 Å². The van der Waals surface area contributed by atoms with Gasteiger partial charge in [0.15, 0.2) is 5.78 Å². The number of ketones is 1. The lowest BCUT2D eigenvalue weighted by molar-refractivity contribution is -0.111. The summed E-state index contributed by atoms with van der Waals surface area (Å²) in [4.78, 5) is 11.3. The van der Waals surface area contributed by atoms with Crippen LogP contribution in [0.15, 0.2) is 60.3 Å². The average Bonchev–Trinajstić information content (AvgIpc) is 2.12. The van der Waals surface area contributed by atoms with Crippen molar-refractivity contribution < 1.29 is 4.79 Å². The number of hydrogen-bond acceptors (Lipinski definition) is 1. The van der Waals surface area contributed by atoms with Gasteiger partial charge in [0.05, 0.1) is 0 Å². The van der Waals surface area contributed by atoms with E-state index in [9.17, 15) is 4.79 Å². The van der Waals surface area contributed by atoms with Gasteiger partial charge in [0, 0.05) is 5.57 Å². The quantitative estimate of drug-likeness (QED) is 0.585. The molecule has 0 heterocycles. The van der Waals surface area contributed by atoms with Crippen LogP contribution in [0.2, 0.25) is 0 Å². The molecule has 1 rings (SSSR count). The van der Waals surface area contributed by atoms with E-state index in [0.29, 0.717) is 5.57 Å². The molecule has 0 aliphatic heterocycles. The molecule has 66 valence electrons. The summed E-state index contributed by atoms with van der Waals surface area (Å²) in [6.45, 7) is 5.51. The van der Waals surface area contributed by atoms with Crippen LogP contribution >= 0.6 is 0 Å². The van der Waals surface area contributed by atoms with Gasteiger partial charge in [-0.3, -0.25) is 4.79 Å². The monoisotopic (exact) mass is 172 g/mol. The molecule has 0 aromatic rings. The van der Waals surface area contributed by atoms with Crippen LogP contribution in [0.3, 0.4) is 0 Å². The summed E-state index contributed by atoms with van der Waals surface area (Å²) in [5.41, 5.74) is 1.72. The lowest BCUT2D eigenvalue weighted by Gasteiger charge is -2.03. The molecule has 1 nitrogen and oxygen atoms in total. The first-order chi connectivity index (χ1) is 6.27. The van der Waals surface area contributed by atoms with Crippen molar-refractivity contribution >= 4 is 5.78 Å². The highest BCUT2D eigenvalue weighted by atomic mass is 16.1. The first kappa shape index (κ1) is 9.46. The molecule has 0 radical (unpaired) electrons. The minimum Gasteiger partial charge on any atom is -0.289 e. The Morgan fingerprint density at radius 2 is 2.15 bits per heavy atom. The highest BCUT2D eigenvalue weighted by molar-refractivity contribution is 6.08. The standard InChI is InChI=1S/C12H12O/c1-3-5-10-7-8-12(13)11(9-10)6-4-2/h3-9H,2H2,1H3/b5-3+,11-6-. The summed E-state index contributed by atoms with van der Waals surface area (Å²) in [6, 6.07) is 0. The van der Waals surface area contributed by atoms with E-state index in [2.05, 4.69) is 6.58 Å². The summed E-state index contributed by atoms with van der Waals surface area (Å²) in [6.07, 6.45) is 12.5. The van der Waals surface area contributed by atoms with Gasteiger partial charge in [-0.05, 0) is 24.6 Å². The molecule has 1 heteroatoms. The molecule has 0 fully saturated rings. The van der Waals surface area contributed by atoms with Crippen molar-refractivity contribution in [3.8, 4) is 0 Å². The van der Waals surface area contributed by atoms with Gasteiger partial charge in [0.25, 0.3) is 0 Å². The van der Waals surface area contributed by atoms with E-state index in [1.54, 1.807) is 18.2 Å². The second kappa shape index (κ2) is 4.41. The third-order valence-corrected chi connectivity index (χ3v) is 1.69. The molecule has 0 bridgehead atoms. The van der Waals surface area contributed by atoms with Crippen molar-refractivity contribution in [3.63, 3.8) is 0 Å². The predicted octanol–water partition coefficient (Wildman–Crippen LogP) is 2.74. The van der Waals surface area contributed by atoms with E-state index in [1.165, 1.54) is 0 Å². The molecule has 0 amide bonds. The van der Waals surface area contributed by atoms with Crippen LogP contribution in [0.25, 0.3) is 0 Å². The van der Waals surface area contributed by atoms with Gasteiger partial charge in [-0.15, -0.1) is 0 Å². The maximum absolute atomic E-state index is 11.3. The Bertz CT molecular complexity index is 338. The average molecular weight is 172 g/mol. The highest BCUT2D eigenvalue weighted by Crippen LogP contribution is 2.13. The minimum absolute atomic E-state index is 0.0353. The molecular weight excluding hydrogens is 160 g/mol. The molecule has 0 spiro atoms. The number of allylic oxidation sites excluding steroid dienone is 9. The zero-order valence-electron chi connectivity index (χ0n) is 7.66. The SMILES string of the molecule is C=C/C=C1C=C(/C=C/C)C=CC/1=O. The van der Waals surface area contributed by atoms with Gasteiger partial charge in [0.2, 0.25) is 0 Å². The molecule has 0 atom stereocenters. The zero-order valence-corrected chi connectivity index (χ0v) is 7.66. The first-order valence-corrected chi connectivity index (χ1v) is 4.17. The van der Waals surface area contributed by atoms with Crippen molar-refractivity contribution in [1.29, 1.82) is 0 Å². The zero-order chi connectivity index (χ0) is 9.68. The van der Waals surface area contributed by atoms with Crippen molar-refractivity contribution in [2.75, 3.05) is 0 Å². The van der Waals surface area contributed by atoms with Gasteiger partial charge < -0.3 is 0 Å². The van der Waals surface area contributed by atoms with Gasteiger partial charge in [0.1, 0.15) is 0 Å². The van der Waals surface area contributed by atoms with Crippen LogP contribution in [0.5, 0.6) is 0 Å². The maximum atomic E-state index is 11.3. The lowest BCUT2D eigenvalue weighted by atomic mass is 10.0. The summed E-state index contributed by atoms with van der Waals surface area (Å²) < 4.78 is 0. The molecule has 1 aliphatic rings. The van der Waals surface area contributed by atoms with Crippen LogP contribution < -0.4 is 0 Å². The number of hydrogen-bond donors (Lipinski definition) is 0. The predicted molar refractivity (Wildman–Crippen MR) is 55.3 cm³/mol. The Kier molecular flexibility index (Phi) is 3.21. The van der Waals surface area contributed by atoms with E-state index in [0.717, 1.165) is 5.57 Å². The topological polar surface area (TPSA) is 17.1 Å². The molecule has 0 saturated heterocycles. The Morgan fingerprint density at radius 1 is 1.38 bits per heavy atom. The Labute approximate surface area is 78.5 Å². The third kappa shape index (κ3) is 2.41. The van der Waals surface area contributed by atoms with Crippen LogP contribution in [0.1, 0.15) is 6.92 Å². The summed E-state index contributed by atoms with van der Waals surface area (Å²) >= 11 is 0. The number of carbonyl (C=O) groups is 1. The first-order valence-electron chi connectivity index (χ1n) is 4.17. The van der Waals surface area contributed by atoms with Gasteiger partial charge in [-0.25, -0.2) is 0 Å². The van der Waals surface area contributed by atoms with Gasteiger partial charge in [-0.1, -0.05) is 37.0 Å². The number of rotatable bonds is 2. The minimum atomic E-state index is 0.0353. The third-order valence-electron chi connectivity index (χ3n) is 1.69. The fraction of sp³-hybridized carbons (Fsp3) is 0.0833. The lowest BCUT2D eigenvalue weighted by Crippen LogP contribution is -2.00. The molecule has 0 N–H and O–H groups in total. The molecule has 0 aromatic heterocycles. The van der Waals surface area contributed by atoms with E-state index >= 15 is 0 Å². The second-order valence-electron chi connectivity index (χ2n) is 2.70. The van der Waals surface area contributed by atoms with Crippen molar-refractivity contribution in [2.45, 2.75) is 6.92 Å². The van der Waals surface area contributed by atoms with Gasteiger partial charge >= 0.3 is 0 Å². The molecule has 0 aromatic carbocycles. The summed E-state index contributed by atoms with van der Waals surface area (Å²) in [5.74, 6) is 0.0353.